The van der Waals surface area contributed by atoms with Gasteiger partial charge in [-0.25, -0.2) is 0 Å². The van der Waals surface area contributed by atoms with Crippen LogP contribution in [0.3, 0.4) is 0 Å². The Morgan fingerprint density at radius 3 is 2.83 bits per heavy atom. The molecule has 2 nitrogen and oxygen atoms in total. The van der Waals surface area contributed by atoms with Crippen LogP contribution in [0.25, 0.3) is 10.8 Å². The maximum atomic E-state index is 10.1. The van der Waals surface area contributed by atoms with Gasteiger partial charge in [0.25, 0.3) is 0 Å². The molecule has 94 valence electrons. The minimum Gasteiger partial charge on any atom is -0.508 e. The van der Waals surface area contributed by atoms with Crippen molar-refractivity contribution in [2.45, 2.75) is 32.4 Å². The van der Waals surface area contributed by atoms with Crippen molar-refractivity contribution in [3.05, 3.63) is 42.0 Å². The van der Waals surface area contributed by atoms with Crippen molar-refractivity contribution >= 4 is 10.8 Å². The second kappa shape index (κ2) is 4.62. The van der Waals surface area contributed by atoms with Gasteiger partial charge in [-0.2, -0.15) is 0 Å². The second-order valence-electron chi connectivity index (χ2n) is 5.25. The summed E-state index contributed by atoms with van der Waals surface area (Å²) in [4.78, 5) is 2.46. The number of rotatable bonds is 2. The molecule has 0 saturated carbocycles. The highest BCUT2D eigenvalue weighted by atomic mass is 16.3. The Bertz CT molecular complexity index is 564. The van der Waals surface area contributed by atoms with E-state index in [9.17, 15) is 5.11 Å². The van der Waals surface area contributed by atoms with Crippen LogP contribution in [0, 0.1) is 0 Å². The number of aromatic hydroxyl groups is 1. The molecule has 18 heavy (non-hydrogen) atoms. The molecule has 2 aromatic carbocycles. The topological polar surface area (TPSA) is 23.5 Å². The van der Waals surface area contributed by atoms with Gasteiger partial charge in [0.15, 0.2) is 0 Å². The zero-order chi connectivity index (χ0) is 12.5. The number of nitrogens with zero attached hydrogens (tertiary/aromatic N) is 1. The van der Waals surface area contributed by atoms with Gasteiger partial charge in [-0.15, -0.1) is 0 Å². The van der Waals surface area contributed by atoms with E-state index in [1.165, 1.54) is 23.6 Å². The molecule has 0 bridgehead atoms. The summed E-state index contributed by atoms with van der Waals surface area (Å²) in [5.74, 6) is 0.424. The van der Waals surface area contributed by atoms with Gasteiger partial charge in [0.2, 0.25) is 0 Å². The summed E-state index contributed by atoms with van der Waals surface area (Å²) in [6.07, 6.45) is 2.54. The van der Waals surface area contributed by atoms with Gasteiger partial charge in [-0.1, -0.05) is 30.3 Å². The van der Waals surface area contributed by atoms with Crippen LogP contribution in [0.2, 0.25) is 0 Å². The molecule has 0 aliphatic carbocycles. The van der Waals surface area contributed by atoms with E-state index in [2.05, 4.69) is 24.0 Å². The summed E-state index contributed by atoms with van der Waals surface area (Å²) in [5.41, 5.74) is 1.07. The number of phenolic OH excluding ortho intramolecular Hbond substituents is 1. The van der Waals surface area contributed by atoms with Gasteiger partial charge in [-0.3, -0.25) is 4.90 Å². The van der Waals surface area contributed by atoms with Gasteiger partial charge < -0.3 is 5.11 Å². The number of hydrogen-bond acceptors (Lipinski definition) is 2. The Hall–Kier alpha value is -1.54. The fraction of sp³-hybridized carbons (Fsp3) is 0.375. The average molecular weight is 241 g/mol. The molecule has 2 heteroatoms. The summed E-state index contributed by atoms with van der Waals surface area (Å²) in [6, 6.07) is 12.7. The number of fused-ring (bicyclic) bond motifs is 1. The van der Waals surface area contributed by atoms with E-state index in [-0.39, 0.29) is 0 Å². The lowest BCUT2D eigenvalue weighted by Crippen LogP contribution is -2.26. The minimum atomic E-state index is 0.424. The van der Waals surface area contributed by atoms with E-state index < -0.39 is 0 Å². The summed E-state index contributed by atoms with van der Waals surface area (Å²) >= 11 is 0. The number of phenols is 1. The summed E-state index contributed by atoms with van der Waals surface area (Å²) in [7, 11) is 0. The third-order valence-corrected chi connectivity index (χ3v) is 4.07. The fourth-order valence-electron chi connectivity index (χ4n) is 2.92. The SMILES string of the molecule is CC1CCCN1Cc1c(O)ccc2ccccc12. The van der Waals surface area contributed by atoms with Crippen LogP contribution in [-0.2, 0) is 6.54 Å². The third kappa shape index (κ3) is 1.97. The van der Waals surface area contributed by atoms with Crippen LogP contribution in [-0.4, -0.2) is 22.6 Å². The van der Waals surface area contributed by atoms with Crippen LogP contribution in [0.15, 0.2) is 36.4 Å². The van der Waals surface area contributed by atoms with Crippen LogP contribution in [0.1, 0.15) is 25.3 Å². The predicted octanol–water partition coefficient (Wildman–Crippen LogP) is 3.53. The molecule has 3 rings (SSSR count). The number of likely N-dealkylation sites (tertiary alicyclic amines) is 1. The highest BCUT2D eigenvalue weighted by Crippen LogP contribution is 2.30. The lowest BCUT2D eigenvalue weighted by molar-refractivity contribution is 0.258. The predicted molar refractivity (Wildman–Crippen MR) is 74.7 cm³/mol. The molecule has 1 aliphatic rings. The highest BCUT2D eigenvalue weighted by Gasteiger charge is 2.21. The molecule has 1 heterocycles. The first-order valence-corrected chi connectivity index (χ1v) is 6.69. The van der Waals surface area contributed by atoms with E-state index in [1.807, 2.05) is 24.3 Å². The lowest BCUT2D eigenvalue weighted by Gasteiger charge is -2.22. The molecule has 2 aromatic rings. The van der Waals surface area contributed by atoms with E-state index in [0.29, 0.717) is 11.8 Å². The number of hydrogen-bond donors (Lipinski definition) is 1. The van der Waals surface area contributed by atoms with E-state index in [1.54, 1.807) is 0 Å². The Labute approximate surface area is 108 Å². The van der Waals surface area contributed by atoms with Crippen LogP contribution < -0.4 is 0 Å². The molecular formula is C16H19NO. The Kier molecular flexibility index (Phi) is 2.96. The molecule has 0 amide bonds. The quantitative estimate of drug-likeness (QED) is 0.869. The van der Waals surface area contributed by atoms with Gasteiger partial charge in [-0.05, 0) is 43.1 Å². The van der Waals surface area contributed by atoms with Crippen LogP contribution >= 0.6 is 0 Å². The van der Waals surface area contributed by atoms with Crippen molar-refractivity contribution < 1.29 is 5.11 Å². The first-order valence-electron chi connectivity index (χ1n) is 6.69. The lowest BCUT2D eigenvalue weighted by atomic mass is 10.0. The van der Waals surface area contributed by atoms with E-state index in [0.717, 1.165) is 18.7 Å². The van der Waals surface area contributed by atoms with Crippen molar-refractivity contribution in [2.75, 3.05) is 6.54 Å². The minimum absolute atomic E-state index is 0.424. The summed E-state index contributed by atoms with van der Waals surface area (Å²) < 4.78 is 0. The Balaban J connectivity index is 2.02. The molecule has 1 atom stereocenters. The normalized spacial score (nSPS) is 20.6. The molecule has 0 spiro atoms. The van der Waals surface area contributed by atoms with Crippen LogP contribution in [0.5, 0.6) is 5.75 Å². The molecule has 1 aliphatic heterocycles. The molecule has 0 radical (unpaired) electrons. The first-order chi connectivity index (χ1) is 8.75. The van der Waals surface area contributed by atoms with Crippen molar-refractivity contribution in [2.24, 2.45) is 0 Å². The van der Waals surface area contributed by atoms with Crippen molar-refractivity contribution in [1.29, 1.82) is 0 Å². The van der Waals surface area contributed by atoms with Crippen molar-refractivity contribution in [3.63, 3.8) is 0 Å². The van der Waals surface area contributed by atoms with Crippen LogP contribution in [0.4, 0.5) is 0 Å². The molecule has 0 aromatic heterocycles. The Morgan fingerprint density at radius 1 is 1.22 bits per heavy atom. The van der Waals surface area contributed by atoms with Crippen molar-refractivity contribution in [1.82, 2.24) is 4.90 Å². The van der Waals surface area contributed by atoms with Gasteiger partial charge in [0, 0.05) is 18.2 Å². The smallest absolute Gasteiger partial charge is 0.120 e. The highest BCUT2D eigenvalue weighted by molar-refractivity contribution is 5.87. The van der Waals surface area contributed by atoms with Gasteiger partial charge >= 0.3 is 0 Å². The van der Waals surface area contributed by atoms with Gasteiger partial charge in [0.05, 0.1) is 0 Å². The van der Waals surface area contributed by atoms with Crippen molar-refractivity contribution in [3.8, 4) is 5.75 Å². The zero-order valence-electron chi connectivity index (χ0n) is 10.8. The second-order valence-corrected chi connectivity index (χ2v) is 5.25. The Morgan fingerprint density at radius 2 is 2.06 bits per heavy atom. The van der Waals surface area contributed by atoms with E-state index in [4.69, 9.17) is 0 Å². The average Bonchev–Trinajstić information content (AvgIpc) is 2.79. The molecule has 1 N–H and O–H groups in total. The maximum Gasteiger partial charge on any atom is 0.120 e. The number of benzene rings is 2. The standard InChI is InChI=1S/C16H19NO/c1-12-5-4-10-17(12)11-15-14-7-3-2-6-13(14)8-9-16(15)18/h2-3,6-9,12,18H,4-5,10-11H2,1H3. The van der Waals surface area contributed by atoms with E-state index >= 15 is 0 Å². The molecule has 1 fully saturated rings. The summed E-state index contributed by atoms with van der Waals surface area (Å²) in [6.45, 7) is 4.27. The largest absolute Gasteiger partial charge is 0.508 e. The monoisotopic (exact) mass is 241 g/mol. The molecular weight excluding hydrogens is 222 g/mol. The fourth-order valence-corrected chi connectivity index (χ4v) is 2.92. The van der Waals surface area contributed by atoms with Gasteiger partial charge in [0.1, 0.15) is 5.75 Å². The molecule has 1 unspecified atom stereocenters. The summed E-state index contributed by atoms with van der Waals surface area (Å²) in [5, 5.41) is 12.5. The first kappa shape index (κ1) is 11.5. The molecule has 1 saturated heterocycles. The third-order valence-electron chi connectivity index (χ3n) is 4.07. The maximum absolute atomic E-state index is 10.1. The zero-order valence-corrected chi connectivity index (χ0v) is 10.8.